The lowest BCUT2D eigenvalue weighted by Gasteiger charge is -2.12. The molecule has 0 aliphatic carbocycles. The fraction of sp³-hybridized carbons (Fsp3) is 0.308. The molecule has 0 unspecified atom stereocenters. The first-order valence-electron chi connectivity index (χ1n) is 5.56. The molecule has 2 aromatic rings. The zero-order valence-electron chi connectivity index (χ0n) is 10.3. The summed E-state index contributed by atoms with van der Waals surface area (Å²) in [7, 11) is 1.56. The Bertz CT molecular complexity index is 499. The van der Waals surface area contributed by atoms with Crippen LogP contribution in [0.3, 0.4) is 0 Å². The second-order valence-corrected chi connectivity index (χ2v) is 3.82. The summed E-state index contributed by atoms with van der Waals surface area (Å²) in [6, 6.07) is 7.17. The Labute approximate surface area is 105 Å². The van der Waals surface area contributed by atoms with Crippen LogP contribution in [-0.4, -0.2) is 17.4 Å². The Kier molecular flexibility index (Phi) is 3.84. The molecule has 1 heterocycles. The zero-order chi connectivity index (χ0) is 13.0. The first-order valence-corrected chi connectivity index (χ1v) is 5.56. The lowest BCUT2D eigenvalue weighted by molar-refractivity contribution is 0.244. The highest BCUT2D eigenvalue weighted by atomic mass is 16.5. The SMILES string of the molecule is COc1cccc(CO)c1OCc1cc(C)on1. The number of para-hydroxylation sites is 1. The highest BCUT2D eigenvalue weighted by Gasteiger charge is 2.11. The van der Waals surface area contributed by atoms with E-state index < -0.39 is 0 Å². The monoisotopic (exact) mass is 249 g/mol. The number of aryl methyl sites for hydroxylation is 1. The lowest BCUT2D eigenvalue weighted by atomic mass is 10.2. The molecule has 0 aliphatic rings. The maximum absolute atomic E-state index is 9.27. The Morgan fingerprint density at radius 2 is 2.22 bits per heavy atom. The molecule has 0 aliphatic heterocycles. The molecule has 5 heteroatoms. The normalized spacial score (nSPS) is 10.4. The van der Waals surface area contributed by atoms with E-state index in [-0.39, 0.29) is 13.2 Å². The van der Waals surface area contributed by atoms with Gasteiger partial charge in [0.2, 0.25) is 0 Å². The molecule has 0 bridgehead atoms. The maximum atomic E-state index is 9.27. The van der Waals surface area contributed by atoms with Gasteiger partial charge in [0, 0.05) is 11.6 Å². The predicted molar refractivity (Wildman–Crippen MR) is 64.5 cm³/mol. The van der Waals surface area contributed by atoms with Crippen molar-refractivity contribution in [2.75, 3.05) is 7.11 Å². The quantitative estimate of drug-likeness (QED) is 0.878. The van der Waals surface area contributed by atoms with Crippen molar-refractivity contribution in [1.29, 1.82) is 0 Å². The van der Waals surface area contributed by atoms with E-state index in [1.165, 1.54) is 0 Å². The standard InChI is InChI=1S/C13H15NO4/c1-9-6-11(14-18-9)8-17-13-10(7-15)4-3-5-12(13)16-2/h3-6,15H,7-8H2,1-2H3. The number of rotatable bonds is 5. The molecule has 0 saturated heterocycles. The minimum Gasteiger partial charge on any atom is -0.493 e. The Morgan fingerprint density at radius 3 is 2.83 bits per heavy atom. The first-order chi connectivity index (χ1) is 8.74. The molecule has 0 radical (unpaired) electrons. The third kappa shape index (κ3) is 2.62. The average molecular weight is 249 g/mol. The number of benzene rings is 1. The van der Waals surface area contributed by atoms with E-state index in [9.17, 15) is 5.11 Å². The molecule has 1 aromatic carbocycles. The third-order valence-electron chi connectivity index (χ3n) is 2.49. The molecule has 0 spiro atoms. The number of methoxy groups -OCH3 is 1. The molecular formula is C13H15NO4. The van der Waals surface area contributed by atoms with Crippen LogP contribution in [0.4, 0.5) is 0 Å². The van der Waals surface area contributed by atoms with Crippen LogP contribution in [0.2, 0.25) is 0 Å². The second-order valence-electron chi connectivity index (χ2n) is 3.82. The van der Waals surface area contributed by atoms with Crippen molar-refractivity contribution in [2.24, 2.45) is 0 Å². The summed E-state index contributed by atoms with van der Waals surface area (Å²) in [6.07, 6.45) is 0. The fourth-order valence-electron chi connectivity index (χ4n) is 1.64. The molecular weight excluding hydrogens is 234 g/mol. The highest BCUT2D eigenvalue weighted by molar-refractivity contribution is 5.46. The summed E-state index contributed by atoms with van der Waals surface area (Å²) in [5.74, 6) is 1.85. The van der Waals surface area contributed by atoms with Gasteiger partial charge in [-0.2, -0.15) is 0 Å². The molecule has 0 atom stereocenters. The Hall–Kier alpha value is -2.01. The number of nitrogens with zero attached hydrogens (tertiary/aromatic N) is 1. The minimum absolute atomic E-state index is 0.107. The molecule has 0 amide bonds. The van der Waals surface area contributed by atoms with E-state index in [1.54, 1.807) is 31.4 Å². The molecule has 1 N–H and O–H groups in total. The lowest BCUT2D eigenvalue weighted by Crippen LogP contribution is -2.01. The van der Waals surface area contributed by atoms with E-state index in [0.29, 0.717) is 22.8 Å². The van der Waals surface area contributed by atoms with Gasteiger partial charge in [0.05, 0.1) is 13.7 Å². The first kappa shape index (κ1) is 12.4. The van der Waals surface area contributed by atoms with E-state index in [0.717, 1.165) is 5.76 Å². The van der Waals surface area contributed by atoms with Crippen LogP contribution in [0, 0.1) is 6.92 Å². The van der Waals surface area contributed by atoms with Crippen molar-refractivity contribution in [3.8, 4) is 11.5 Å². The average Bonchev–Trinajstić information content (AvgIpc) is 2.81. The number of aromatic nitrogens is 1. The van der Waals surface area contributed by atoms with Crippen molar-refractivity contribution in [1.82, 2.24) is 5.16 Å². The predicted octanol–water partition coefficient (Wildman–Crippen LogP) is 2.06. The van der Waals surface area contributed by atoms with Crippen LogP contribution < -0.4 is 9.47 Å². The van der Waals surface area contributed by atoms with E-state index in [4.69, 9.17) is 14.0 Å². The van der Waals surface area contributed by atoms with Crippen LogP contribution in [-0.2, 0) is 13.2 Å². The van der Waals surface area contributed by atoms with Crippen LogP contribution in [0.1, 0.15) is 17.0 Å². The maximum Gasteiger partial charge on any atom is 0.167 e. The summed E-state index contributed by atoms with van der Waals surface area (Å²) in [5, 5.41) is 13.1. The molecule has 18 heavy (non-hydrogen) atoms. The Morgan fingerprint density at radius 1 is 1.39 bits per heavy atom. The van der Waals surface area contributed by atoms with Gasteiger partial charge >= 0.3 is 0 Å². The third-order valence-corrected chi connectivity index (χ3v) is 2.49. The van der Waals surface area contributed by atoms with Crippen LogP contribution in [0.15, 0.2) is 28.8 Å². The topological polar surface area (TPSA) is 64.7 Å². The minimum atomic E-state index is -0.107. The Balaban J connectivity index is 2.17. The van der Waals surface area contributed by atoms with Gasteiger partial charge in [-0.05, 0) is 13.0 Å². The fourth-order valence-corrected chi connectivity index (χ4v) is 1.64. The van der Waals surface area contributed by atoms with Gasteiger partial charge in [0.1, 0.15) is 18.1 Å². The molecule has 1 aromatic heterocycles. The smallest absolute Gasteiger partial charge is 0.167 e. The summed E-state index contributed by atoms with van der Waals surface area (Å²) in [6.45, 7) is 1.98. The molecule has 0 fully saturated rings. The van der Waals surface area contributed by atoms with Crippen molar-refractivity contribution < 1.29 is 19.1 Å². The number of aliphatic hydroxyl groups is 1. The van der Waals surface area contributed by atoms with Crippen molar-refractivity contribution in [3.63, 3.8) is 0 Å². The van der Waals surface area contributed by atoms with Crippen molar-refractivity contribution in [3.05, 3.63) is 41.3 Å². The summed E-state index contributed by atoms with van der Waals surface area (Å²) >= 11 is 0. The molecule has 2 rings (SSSR count). The molecule has 5 nitrogen and oxygen atoms in total. The van der Waals surface area contributed by atoms with E-state index in [1.807, 2.05) is 6.92 Å². The van der Waals surface area contributed by atoms with Crippen LogP contribution >= 0.6 is 0 Å². The van der Waals surface area contributed by atoms with E-state index >= 15 is 0 Å². The van der Waals surface area contributed by atoms with Gasteiger partial charge in [0.15, 0.2) is 11.5 Å². The van der Waals surface area contributed by atoms with Crippen LogP contribution in [0.5, 0.6) is 11.5 Å². The summed E-state index contributed by atoms with van der Waals surface area (Å²) in [5.41, 5.74) is 1.37. The largest absolute Gasteiger partial charge is 0.493 e. The van der Waals surface area contributed by atoms with Gasteiger partial charge in [0.25, 0.3) is 0 Å². The van der Waals surface area contributed by atoms with Gasteiger partial charge in [-0.3, -0.25) is 0 Å². The summed E-state index contributed by atoms with van der Waals surface area (Å²) < 4.78 is 15.8. The van der Waals surface area contributed by atoms with Crippen molar-refractivity contribution >= 4 is 0 Å². The second kappa shape index (κ2) is 5.55. The number of ether oxygens (including phenoxy) is 2. The van der Waals surface area contributed by atoms with Gasteiger partial charge in [-0.1, -0.05) is 17.3 Å². The van der Waals surface area contributed by atoms with Gasteiger partial charge in [-0.25, -0.2) is 0 Å². The number of hydrogen-bond acceptors (Lipinski definition) is 5. The summed E-state index contributed by atoms with van der Waals surface area (Å²) in [4.78, 5) is 0. The highest BCUT2D eigenvalue weighted by Crippen LogP contribution is 2.31. The number of aliphatic hydroxyl groups excluding tert-OH is 1. The number of hydrogen-bond donors (Lipinski definition) is 1. The molecule has 96 valence electrons. The van der Waals surface area contributed by atoms with Gasteiger partial charge < -0.3 is 19.1 Å². The van der Waals surface area contributed by atoms with Crippen LogP contribution in [0.25, 0.3) is 0 Å². The van der Waals surface area contributed by atoms with Crippen molar-refractivity contribution in [2.45, 2.75) is 20.1 Å². The molecule has 0 saturated carbocycles. The zero-order valence-corrected chi connectivity index (χ0v) is 10.3. The van der Waals surface area contributed by atoms with E-state index in [2.05, 4.69) is 5.16 Å². The van der Waals surface area contributed by atoms with Gasteiger partial charge in [-0.15, -0.1) is 0 Å².